The van der Waals surface area contributed by atoms with Crippen molar-refractivity contribution in [1.29, 1.82) is 0 Å². The number of aromatic nitrogens is 4. The summed E-state index contributed by atoms with van der Waals surface area (Å²) in [6.45, 7) is 17.9. The Bertz CT molecular complexity index is 3620. The van der Waals surface area contributed by atoms with Gasteiger partial charge in [-0.15, -0.1) is 0 Å². The topological polar surface area (TPSA) is 119 Å². The van der Waals surface area contributed by atoms with Gasteiger partial charge in [-0.05, 0) is 139 Å². The number of ether oxygens (including phenoxy) is 2. The van der Waals surface area contributed by atoms with Crippen molar-refractivity contribution in [3.05, 3.63) is 165 Å². The van der Waals surface area contributed by atoms with Gasteiger partial charge in [0.2, 0.25) is 0 Å². The third-order valence-electron chi connectivity index (χ3n) is 16.6. The fourth-order valence-electron chi connectivity index (χ4n) is 12.6. The molecule has 0 bridgehead atoms. The van der Waals surface area contributed by atoms with Gasteiger partial charge in [-0.3, -0.25) is 20.0 Å². The summed E-state index contributed by atoms with van der Waals surface area (Å²) in [5, 5.41) is 23.3. The zero-order valence-electron chi connectivity index (χ0n) is 46.1. The van der Waals surface area contributed by atoms with Gasteiger partial charge < -0.3 is 28.8 Å². The predicted molar refractivity (Wildman–Crippen MR) is 302 cm³/mol. The van der Waals surface area contributed by atoms with Gasteiger partial charge in [0, 0.05) is 119 Å². The van der Waals surface area contributed by atoms with Crippen molar-refractivity contribution in [2.24, 2.45) is 21.8 Å². The summed E-state index contributed by atoms with van der Waals surface area (Å²) in [7, 11) is 0. The van der Waals surface area contributed by atoms with E-state index in [1.807, 2.05) is 97.8 Å². The molecule has 2 unspecified atom stereocenters. The molecule has 2 atom stereocenters. The van der Waals surface area contributed by atoms with E-state index in [-0.39, 0.29) is 23.0 Å². The van der Waals surface area contributed by atoms with Gasteiger partial charge in [-0.25, -0.2) is 26.3 Å². The van der Waals surface area contributed by atoms with E-state index < -0.39 is 58.2 Å². The van der Waals surface area contributed by atoms with E-state index in [4.69, 9.17) is 19.4 Å². The lowest BCUT2D eigenvalue weighted by atomic mass is 9.85. The lowest BCUT2D eigenvalue weighted by Crippen LogP contribution is -2.28. The summed E-state index contributed by atoms with van der Waals surface area (Å²) in [6.07, 6.45) is 5.96. The Morgan fingerprint density at radius 1 is 0.500 bits per heavy atom. The number of rotatable bonds is 10. The molecule has 4 aliphatic rings. The summed E-state index contributed by atoms with van der Waals surface area (Å²) in [6, 6.07) is 16.7. The van der Waals surface area contributed by atoms with E-state index in [2.05, 4.69) is 9.98 Å². The van der Waals surface area contributed by atoms with Crippen LogP contribution in [-0.2, 0) is 20.7 Å². The first kappa shape index (κ1) is 55.0. The number of pyridine rings is 2. The Hall–Kier alpha value is -6.98. The first-order valence-electron chi connectivity index (χ1n) is 27.3. The lowest BCUT2D eigenvalue weighted by Gasteiger charge is -2.33. The maximum atomic E-state index is 15.6. The molecule has 10 nitrogen and oxygen atoms in total. The Labute approximate surface area is 460 Å². The molecule has 4 aromatic heterocycles. The third kappa shape index (κ3) is 9.96. The number of benzene rings is 4. The standard InChI is InChI=1S/2C32H32F3N3O2/c2*1-17-15-36-18(2)28(17)20-11-27-30(37-16-20)23-6-5-21(32(3,4)39)12-26(23)38(27)31(19-7-9-40-10-8-19)29-24(34)13-22(33)14-25(29)35/h2*5-6,11-14,16,19,31,39H,7-10,15H2,1-4H3. The zero-order valence-corrected chi connectivity index (χ0v) is 46.1. The van der Waals surface area contributed by atoms with Crippen molar-refractivity contribution < 1.29 is 46.0 Å². The van der Waals surface area contributed by atoms with E-state index in [9.17, 15) is 19.0 Å². The van der Waals surface area contributed by atoms with E-state index in [1.54, 1.807) is 27.7 Å². The predicted octanol–water partition coefficient (Wildman–Crippen LogP) is 14.2. The molecule has 0 radical (unpaired) electrons. The average molecular weight is 1100 g/mol. The summed E-state index contributed by atoms with van der Waals surface area (Å²) >= 11 is 0. The maximum absolute atomic E-state index is 15.6. The minimum absolute atomic E-state index is 0.180. The van der Waals surface area contributed by atoms with Crippen LogP contribution in [0.5, 0.6) is 0 Å². The molecule has 12 rings (SSSR count). The Morgan fingerprint density at radius 3 is 1.16 bits per heavy atom. The molecular weight excluding hydrogens is 1030 g/mol. The van der Waals surface area contributed by atoms with E-state index in [0.717, 1.165) is 79.9 Å². The van der Waals surface area contributed by atoms with Crippen molar-refractivity contribution in [1.82, 2.24) is 19.1 Å². The molecular formula is C64H64F6N6O4. The molecule has 416 valence electrons. The molecule has 0 saturated carbocycles. The average Bonchev–Trinajstić information content (AvgIpc) is 4.14. The Morgan fingerprint density at radius 2 is 0.850 bits per heavy atom. The quantitative estimate of drug-likeness (QED) is 0.132. The molecule has 8 aromatic rings. The molecule has 2 N–H and O–H groups in total. The highest BCUT2D eigenvalue weighted by Gasteiger charge is 2.37. The van der Waals surface area contributed by atoms with Gasteiger partial charge in [0.15, 0.2) is 0 Å². The number of hydrogen-bond donors (Lipinski definition) is 2. The first-order chi connectivity index (χ1) is 38.1. The summed E-state index contributed by atoms with van der Waals surface area (Å²) in [4.78, 5) is 18.9. The molecule has 8 heterocycles. The van der Waals surface area contributed by atoms with Crippen molar-refractivity contribution in [2.75, 3.05) is 39.5 Å². The van der Waals surface area contributed by atoms with Crippen LogP contribution in [0.4, 0.5) is 26.3 Å². The highest BCUT2D eigenvalue weighted by molar-refractivity contribution is 6.26. The van der Waals surface area contributed by atoms with Crippen molar-refractivity contribution in [2.45, 2.75) is 104 Å². The normalized spacial score (nSPS) is 17.8. The highest BCUT2D eigenvalue weighted by Crippen LogP contribution is 2.46. The van der Waals surface area contributed by atoms with Gasteiger partial charge >= 0.3 is 0 Å². The van der Waals surface area contributed by atoms with Crippen LogP contribution in [0.1, 0.15) is 127 Å². The van der Waals surface area contributed by atoms with Crippen molar-refractivity contribution in [3.8, 4) is 0 Å². The number of allylic oxidation sites excluding steroid dienone is 2. The van der Waals surface area contributed by atoms with E-state index >= 15 is 17.6 Å². The van der Waals surface area contributed by atoms with Gasteiger partial charge in [-0.2, -0.15) is 0 Å². The van der Waals surface area contributed by atoms with Gasteiger partial charge in [-0.1, -0.05) is 24.3 Å². The number of aliphatic imine (C=N–C) groups is 2. The zero-order chi connectivity index (χ0) is 56.7. The maximum Gasteiger partial charge on any atom is 0.134 e. The smallest absolute Gasteiger partial charge is 0.134 e. The summed E-state index contributed by atoms with van der Waals surface area (Å²) in [5.74, 6) is -6.00. The summed E-state index contributed by atoms with van der Waals surface area (Å²) < 4.78 is 106. The fourth-order valence-corrected chi connectivity index (χ4v) is 12.6. The molecule has 80 heavy (non-hydrogen) atoms. The SMILES string of the molecule is CC1=NCC(C)=C1c1cnc2c3ccc(C(C)(C)O)cc3n(C(c3c(F)cc(F)cc3F)C3CCOCC3)c2c1.CC1=NCC(C)=C1c1cnc2c3ccc(C(C)(C)O)cc3n(C(c3c(F)cc(F)cc3F)C3CCOCC3)c2c1. The van der Waals surface area contributed by atoms with Crippen molar-refractivity contribution >= 4 is 66.4 Å². The van der Waals surface area contributed by atoms with Crippen LogP contribution in [0.15, 0.2) is 106 Å². The molecule has 16 heteroatoms. The molecule has 2 fully saturated rings. The summed E-state index contributed by atoms with van der Waals surface area (Å²) in [5.41, 5.74) is 10.7. The lowest BCUT2D eigenvalue weighted by molar-refractivity contribution is 0.0542. The van der Waals surface area contributed by atoms with Crippen LogP contribution in [0.2, 0.25) is 0 Å². The number of hydrogen-bond acceptors (Lipinski definition) is 8. The first-order valence-corrected chi connectivity index (χ1v) is 27.3. The van der Waals surface area contributed by atoms with E-state index in [1.165, 1.54) is 0 Å². The number of fused-ring (bicyclic) bond motifs is 6. The van der Waals surface area contributed by atoms with E-state index in [0.29, 0.717) is 109 Å². The Kier molecular flexibility index (Phi) is 14.5. The number of aliphatic hydroxyl groups is 2. The second kappa shape index (κ2) is 21.2. The molecule has 2 saturated heterocycles. The second-order valence-corrected chi connectivity index (χ2v) is 23.0. The number of nitrogens with zero attached hydrogens (tertiary/aromatic N) is 6. The molecule has 4 aliphatic heterocycles. The molecule has 0 spiro atoms. The minimum atomic E-state index is -1.14. The van der Waals surface area contributed by atoms with Gasteiger partial charge in [0.25, 0.3) is 0 Å². The number of halogens is 6. The van der Waals surface area contributed by atoms with Crippen LogP contribution in [0.25, 0.3) is 55.0 Å². The third-order valence-corrected chi connectivity index (χ3v) is 16.6. The second-order valence-electron chi connectivity index (χ2n) is 23.0. The van der Waals surface area contributed by atoms with Gasteiger partial charge in [0.1, 0.15) is 34.9 Å². The molecule has 0 amide bonds. The van der Waals surface area contributed by atoms with Crippen LogP contribution in [-0.4, -0.2) is 80.3 Å². The molecule has 4 aromatic carbocycles. The van der Waals surface area contributed by atoms with Crippen LogP contribution in [0, 0.1) is 46.7 Å². The van der Waals surface area contributed by atoms with Crippen LogP contribution in [0.3, 0.4) is 0 Å². The largest absolute Gasteiger partial charge is 0.386 e. The van der Waals surface area contributed by atoms with Crippen LogP contribution < -0.4 is 0 Å². The van der Waals surface area contributed by atoms with Gasteiger partial charge in [0.05, 0.1) is 69.5 Å². The minimum Gasteiger partial charge on any atom is -0.386 e. The highest BCUT2D eigenvalue weighted by atomic mass is 19.2. The monoisotopic (exact) mass is 1090 g/mol. The Balaban J connectivity index is 0.000000169. The van der Waals surface area contributed by atoms with Crippen LogP contribution >= 0.6 is 0 Å². The van der Waals surface area contributed by atoms with Crippen molar-refractivity contribution in [3.63, 3.8) is 0 Å². The molecule has 0 aliphatic carbocycles. The fraction of sp³-hybridized carbons (Fsp3) is 0.375.